The lowest BCUT2D eigenvalue weighted by Gasteiger charge is -2.50. The lowest BCUT2D eigenvalue weighted by atomic mass is 9.57. The number of carbonyl (C=O) groups is 1. The number of pyridine rings is 1. The second-order valence-corrected chi connectivity index (χ2v) is 10.9. The predicted octanol–water partition coefficient (Wildman–Crippen LogP) is 5.41. The molecule has 3 heterocycles. The number of carbonyl (C=O) groups excluding carboxylic acids is 1. The summed E-state index contributed by atoms with van der Waals surface area (Å²) in [6.45, 7) is 4.59. The van der Waals surface area contributed by atoms with Crippen LogP contribution in [0.5, 0.6) is 0 Å². The van der Waals surface area contributed by atoms with Gasteiger partial charge in [0.1, 0.15) is 0 Å². The van der Waals surface area contributed by atoms with E-state index in [1.807, 2.05) is 12.3 Å². The van der Waals surface area contributed by atoms with Crippen molar-refractivity contribution in [3.05, 3.63) is 101 Å². The molecule has 3 aromatic rings. The predicted molar refractivity (Wildman–Crippen MR) is 139 cm³/mol. The molecule has 3 aliphatic rings. The van der Waals surface area contributed by atoms with Gasteiger partial charge in [-0.15, -0.1) is 0 Å². The van der Waals surface area contributed by atoms with Crippen molar-refractivity contribution in [2.75, 3.05) is 19.6 Å². The molecular weight excluding hydrogens is 430 g/mol. The highest BCUT2D eigenvalue weighted by Gasteiger charge is 2.60. The number of amides is 1. The van der Waals surface area contributed by atoms with Crippen LogP contribution in [-0.2, 0) is 16.6 Å². The topological polar surface area (TPSA) is 45.2 Å². The number of nitrogens with zero attached hydrogens (tertiary/aromatic N) is 2. The Morgan fingerprint density at radius 2 is 1.71 bits per heavy atom. The minimum atomic E-state index is -0.488. The highest BCUT2D eigenvalue weighted by atomic mass is 16.2. The van der Waals surface area contributed by atoms with Crippen LogP contribution < -0.4 is 5.32 Å². The molecule has 0 saturated carbocycles. The number of fused-ring (bicyclic) bond motifs is 2. The van der Waals surface area contributed by atoms with Gasteiger partial charge in [0, 0.05) is 36.9 Å². The maximum atomic E-state index is 14.7. The Morgan fingerprint density at radius 3 is 2.49 bits per heavy atom. The first-order valence-corrected chi connectivity index (χ1v) is 13.2. The third-order valence-electron chi connectivity index (χ3n) is 9.18. The molecule has 180 valence electrons. The van der Waals surface area contributed by atoms with Gasteiger partial charge < -0.3 is 10.2 Å². The zero-order valence-electron chi connectivity index (χ0n) is 20.6. The first-order valence-electron chi connectivity index (χ1n) is 13.2. The first kappa shape index (κ1) is 22.5. The Morgan fingerprint density at radius 1 is 0.971 bits per heavy atom. The number of likely N-dealkylation sites (tertiary alicyclic amines) is 1. The van der Waals surface area contributed by atoms with Crippen LogP contribution in [0.1, 0.15) is 67.0 Å². The van der Waals surface area contributed by atoms with Crippen LogP contribution in [0, 0.1) is 5.41 Å². The third kappa shape index (κ3) is 3.61. The Labute approximate surface area is 208 Å². The van der Waals surface area contributed by atoms with E-state index < -0.39 is 5.41 Å². The molecule has 4 atom stereocenters. The van der Waals surface area contributed by atoms with Crippen molar-refractivity contribution in [3.63, 3.8) is 0 Å². The molecule has 6 rings (SSSR count). The minimum Gasteiger partial charge on any atom is -0.335 e. The highest BCUT2D eigenvalue weighted by molar-refractivity contribution is 5.86. The van der Waals surface area contributed by atoms with Gasteiger partial charge in [-0.3, -0.25) is 9.78 Å². The van der Waals surface area contributed by atoms with Crippen molar-refractivity contribution in [1.29, 1.82) is 0 Å². The average Bonchev–Trinajstić information content (AvgIpc) is 3.26. The standard InChI is InChI=1S/C31H35N3O/c1-30(21-32-22-31(30)17-8-15-27-26(31)14-9-18-33-27)29(35)34-19-16-25(23-10-4-2-5-11-23)20-28(34)24-12-6-3-7-13-24/h2-7,9-14,18,25,28,32H,8,15-17,19-22H2,1H3/t25-,28+,30+,31-/m1/s1. The summed E-state index contributed by atoms with van der Waals surface area (Å²) in [5.74, 6) is 0.771. The number of hydrogen-bond acceptors (Lipinski definition) is 3. The fraction of sp³-hybridized carbons (Fsp3) is 0.419. The molecule has 1 N–H and O–H groups in total. The van der Waals surface area contributed by atoms with Crippen molar-refractivity contribution in [1.82, 2.24) is 15.2 Å². The number of piperidine rings is 1. The fourth-order valence-electron chi connectivity index (χ4n) is 7.24. The third-order valence-corrected chi connectivity index (χ3v) is 9.18. The Bertz CT molecular complexity index is 1200. The van der Waals surface area contributed by atoms with Crippen LogP contribution >= 0.6 is 0 Å². The van der Waals surface area contributed by atoms with Crippen molar-refractivity contribution in [2.45, 2.75) is 56.4 Å². The molecule has 1 amide bonds. The van der Waals surface area contributed by atoms with Crippen LogP contribution in [0.2, 0.25) is 0 Å². The van der Waals surface area contributed by atoms with E-state index in [0.717, 1.165) is 51.7 Å². The summed E-state index contributed by atoms with van der Waals surface area (Å²) in [7, 11) is 0. The molecule has 0 bridgehead atoms. The Kier molecular flexibility index (Phi) is 5.72. The van der Waals surface area contributed by atoms with Gasteiger partial charge in [0.25, 0.3) is 0 Å². The van der Waals surface area contributed by atoms with Gasteiger partial charge in [-0.25, -0.2) is 0 Å². The second kappa shape index (κ2) is 8.91. The van der Waals surface area contributed by atoms with Crippen molar-refractivity contribution in [2.24, 2.45) is 5.41 Å². The molecule has 1 spiro atoms. The molecule has 2 saturated heterocycles. The molecule has 35 heavy (non-hydrogen) atoms. The van der Waals surface area contributed by atoms with E-state index in [4.69, 9.17) is 4.98 Å². The summed E-state index contributed by atoms with van der Waals surface area (Å²) in [5, 5.41) is 3.65. The van der Waals surface area contributed by atoms with Crippen molar-refractivity contribution in [3.8, 4) is 0 Å². The first-order chi connectivity index (χ1) is 17.1. The van der Waals surface area contributed by atoms with E-state index in [9.17, 15) is 4.79 Å². The summed E-state index contributed by atoms with van der Waals surface area (Å²) >= 11 is 0. The quantitative estimate of drug-likeness (QED) is 0.562. The average molecular weight is 466 g/mol. The van der Waals surface area contributed by atoms with Gasteiger partial charge in [-0.05, 0) is 67.7 Å². The molecule has 2 aliphatic heterocycles. The number of hydrogen-bond donors (Lipinski definition) is 1. The fourth-order valence-corrected chi connectivity index (χ4v) is 7.24. The maximum Gasteiger partial charge on any atom is 0.231 e. The van der Waals surface area contributed by atoms with Gasteiger partial charge >= 0.3 is 0 Å². The van der Waals surface area contributed by atoms with Gasteiger partial charge in [-0.2, -0.15) is 0 Å². The number of benzene rings is 2. The molecular formula is C31H35N3O. The van der Waals surface area contributed by atoms with Gasteiger partial charge in [0.15, 0.2) is 0 Å². The normalized spacial score (nSPS) is 30.3. The van der Waals surface area contributed by atoms with E-state index in [2.05, 4.69) is 83.9 Å². The van der Waals surface area contributed by atoms with Crippen molar-refractivity contribution >= 4 is 5.91 Å². The number of aryl methyl sites for hydroxylation is 1. The molecule has 4 nitrogen and oxygen atoms in total. The van der Waals surface area contributed by atoms with Crippen LogP contribution in [-0.4, -0.2) is 35.4 Å². The maximum absolute atomic E-state index is 14.7. The zero-order chi connectivity index (χ0) is 23.9. The lowest BCUT2D eigenvalue weighted by molar-refractivity contribution is -0.148. The van der Waals surface area contributed by atoms with E-state index in [0.29, 0.717) is 11.8 Å². The number of rotatable bonds is 3. The molecule has 1 aromatic heterocycles. The molecule has 0 radical (unpaired) electrons. The van der Waals surface area contributed by atoms with Crippen molar-refractivity contribution < 1.29 is 4.79 Å². The molecule has 2 fully saturated rings. The number of nitrogens with one attached hydrogen (secondary N) is 1. The van der Waals surface area contributed by atoms with E-state index in [1.54, 1.807) is 0 Å². The summed E-state index contributed by atoms with van der Waals surface area (Å²) in [5.41, 5.74) is 4.43. The summed E-state index contributed by atoms with van der Waals surface area (Å²) in [6.07, 6.45) is 7.02. The molecule has 1 aliphatic carbocycles. The second-order valence-electron chi connectivity index (χ2n) is 10.9. The SMILES string of the molecule is C[C@@]1(C(=O)N2CC[C@@H](c3ccccc3)C[C@H]2c2ccccc2)CNC[C@@]12CCCc1ncccc12. The summed E-state index contributed by atoms with van der Waals surface area (Å²) < 4.78 is 0. The van der Waals surface area contributed by atoms with Crippen LogP contribution in [0.3, 0.4) is 0 Å². The molecule has 2 aromatic carbocycles. The van der Waals surface area contributed by atoms with Gasteiger partial charge in [0.05, 0.1) is 11.5 Å². The van der Waals surface area contributed by atoms with Gasteiger partial charge in [0.2, 0.25) is 5.91 Å². The van der Waals surface area contributed by atoms with E-state index in [1.165, 1.54) is 22.4 Å². The van der Waals surface area contributed by atoms with Crippen LogP contribution in [0.15, 0.2) is 79.0 Å². The summed E-state index contributed by atoms with van der Waals surface area (Å²) in [4.78, 5) is 21.7. The largest absolute Gasteiger partial charge is 0.335 e. The van der Waals surface area contributed by atoms with Crippen LogP contribution in [0.25, 0.3) is 0 Å². The summed E-state index contributed by atoms with van der Waals surface area (Å²) in [6, 6.07) is 25.9. The monoisotopic (exact) mass is 465 g/mol. The van der Waals surface area contributed by atoms with E-state index >= 15 is 0 Å². The van der Waals surface area contributed by atoms with E-state index in [-0.39, 0.29) is 11.5 Å². The smallest absolute Gasteiger partial charge is 0.231 e. The van der Waals surface area contributed by atoms with Gasteiger partial charge in [-0.1, -0.05) is 66.7 Å². The molecule has 4 heteroatoms. The minimum absolute atomic E-state index is 0.0918. The molecule has 0 unspecified atom stereocenters. The van der Waals surface area contributed by atoms with Crippen LogP contribution in [0.4, 0.5) is 0 Å². The highest BCUT2D eigenvalue weighted by Crippen LogP contribution is 2.53. The zero-order valence-corrected chi connectivity index (χ0v) is 20.6. The Hall–Kier alpha value is -2.98. The lowest BCUT2D eigenvalue weighted by Crippen LogP contribution is -2.57. The Balaban J connectivity index is 1.38. The number of aromatic nitrogens is 1.